The van der Waals surface area contributed by atoms with Crippen LogP contribution in [0.4, 0.5) is 13.2 Å². The number of nitrogens with zero attached hydrogens (tertiary/aromatic N) is 1. The van der Waals surface area contributed by atoms with E-state index < -0.39 is 22.7 Å². The first-order valence-corrected chi connectivity index (χ1v) is 8.19. The van der Waals surface area contributed by atoms with Gasteiger partial charge in [0.1, 0.15) is 4.88 Å². The summed E-state index contributed by atoms with van der Waals surface area (Å²) in [5.41, 5.74) is 0.451. The lowest BCUT2D eigenvalue weighted by atomic mass is 9.51. The lowest BCUT2D eigenvalue weighted by Crippen LogP contribution is -2.67. The summed E-state index contributed by atoms with van der Waals surface area (Å²) in [6.45, 7) is 2.53. The zero-order valence-corrected chi connectivity index (χ0v) is 12.9. The van der Waals surface area contributed by atoms with Crippen molar-refractivity contribution in [2.75, 3.05) is 6.61 Å². The third-order valence-corrected chi connectivity index (χ3v) is 5.65. The van der Waals surface area contributed by atoms with E-state index >= 15 is 0 Å². The number of amides is 1. The summed E-state index contributed by atoms with van der Waals surface area (Å²) in [6, 6.07) is -0.118. The molecule has 22 heavy (non-hydrogen) atoms. The predicted octanol–water partition coefficient (Wildman–Crippen LogP) is 3.24. The topological polar surface area (TPSA) is 51.2 Å². The predicted molar refractivity (Wildman–Crippen MR) is 74.7 cm³/mol. The van der Waals surface area contributed by atoms with Crippen molar-refractivity contribution >= 4 is 17.2 Å². The maximum absolute atomic E-state index is 12.8. The second kappa shape index (κ2) is 5.49. The van der Waals surface area contributed by atoms with Gasteiger partial charge in [0, 0.05) is 18.1 Å². The van der Waals surface area contributed by atoms with Gasteiger partial charge in [-0.05, 0) is 26.2 Å². The van der Waals surface area contributed by atoms with E-state index in [9.17, 15) is 18.0 Å². The molecule has 2 saturated carbocycles. The fourth-order valence-electron chi connectivity index (χ4n) is 3.48. The Balaban J connectivity index is 1.70. The Bertz CT molecular complexity index is 569. The molecule has 8 heteroatoms. The molecule has 2 aliphatic rings. The van der Waals surface area contributed by atoms with Crippen molar-refractivity contribution in [3.63, 3.8) is 0 Å². The largest absolute Gasteiger partial charge is 0.427 e. The Morgan fingerprint density at radius 1 is 1.55 bits per heavy atom. The van der Waals surface area contributed by atoms with Crippen molar-refractivity contribution in [2.45, 2.75) is 50.9 Å². The van der Waals surface area contributed by atoms with Gasteiger partial charge >= 0.3 is 6.18 Å². The number of hydrogen-bond acceptors (Lipinski definition) is 4. The first-order chi connectivity index (χ1) is 10.4. The highest BCUT2D eigenvalue weighted by Gasteiger charge is 2.59. The molecule has 2 fully saturated rings. The second-order valence-electron chi connectivity index (χ2n) is 5.82. The summed E-state index contributed by atoms with van der Waals surface area (Å²) >= 11 is 0.444. The van der Waals surface area contributed by atoms with E-state index in [1.54, 1.807) is 0 Å². The second-order valence-corrected chi connectivity index (χ2v) is 6.68. The molecule has 3 rings (SSSR count). The molecular formula is C14H17F3N2O2S. The molecule has 0 bridgehead atoms. The third kappa shape index (κ3) is 2.42. The van der Waals surface area contributed by atoms with Crippen LogP contribution in [-0.4, -0.2) is 29.6 Å². The Kier molecular flexibility index (Phi) is 3.92. The lowest BCUT2D eigenvalue weighted by Gasteiger charge is -2.60. The minimum absolute atomic E-state index is 0.0832. The summed E-state index contributed by atoms with van der Waals surface area (Å²) in [6.07, 6.45) is -0.812. The van der Waals surface area contributed by atoms with Gasteiger partial charge in [-0.25, -0.2) is 4.98 Å². The monoisotopic (exact) mass is 334 g/mol. The van der Waals surface area contributed by atoms with Crippen molar-refractivity contribution in [3.8, 4) is 0 Å². The minimum atomic E-state index is -4.55. The number of carbonyl (C=O) groups is 1. The molecule has 4 nitrogen and oxygen atoms in total. The number of halogens is 3. The van der Waals surface area contributed by atoms with Crippen LogP contribution in [0, 0.1) is 5.41 Å². The van der Waals surface area contributed by atoms with Crippen molar-refractivity contribution in [3.05, 3.63) is 16.1 Å². The first-order valence-electron chi connectivity index (χ1n) is 7.31. The maximum Gasteiger partial charge on any atom is 0.427 e. The lowest BCUT2D eigenvalue weighted by molar-refractivity contribution is -0.169. The number of aromatic nitrogens is 1. The highest BCUT2D eigenvalue weighted by Crippen LogP contribution is 2.57. The molecule has 1 N–H and O–H groups in total. The van der Waals surface area contributed by atoms with Gasteiger partial charge in [0.15, 0.2) is 5.69 Å². The molecule has 1 spiro atoms. The molecule has 122 valence electrons. The normalized spacial score (nSPS) is 26.4. The zero-order chi connectivity index (χ0) is 16.0. The van der Waals surface area contributed by atoms with Crippen LogP contribution in [-0.2, 0) is 10.9 Å². The molecule has 1 aromatic heterocycles. The summed E-state index contributed by atoms with van der Waals surface area (Å²) in [7, 11) is 0. The first kappa shape index (κ1) is 15.7. The molecule has 0 aromatic carbocycles. The van der Waals surface area contributed by atoms with E-state index in [0.29, 0.717) is 24.4 Å². The highest BCUT2D eigenvalue weighted by atomic mass is 32.1. The van der Waals surface area contributed by atoms with Gasteiger partial charge in [-0.1, -0.05) is 6.42 Å². The van der Waals surface area contributed by atoms with Crippen LogP contribution >= 0.6 is 11.3 Å². The van der Waals surface area contributed by atoms with Crippen LogP contribution in [0.3, 0.4) is 0 Å². The van der Waals surface area contributed by atoms with Gasteiger partial charge in [0.05, 0.1) is 11.6 Å². The number of ether oxygens (including phenoxy) is 1. The summed E-state index contributed by atoms with van der Waals surface area (Å²) < 4.78 is 44.2. The van der Waals surface area contributed by atoms with Gasteiger partial charge in [-0.2, -0.15) is 13.2 Å². The number of alkyl halides is 3. The van der Waals surface area contributed by atoms with Crippen LogP contribution in [0.1, 0.15) is 48.0 Å². The molecular weight excluding hydrogens is 317 g/mol. The Morgan fingerprint density at radius 2 is 2.27 bits per heavy atom. The molecule has 0 radical (unpaired) electrons. The fourth-order valence-corrected chi connectivity index (χ4v) is 4.13. The smallest absolute Gasteiger partial charge is 0.378 e. The highest BCUT2D eigenvalue weighted by molar-refractivity contribution is 7.10. The van der Waals surface area contributed by atoms with Crippen LogP contribution in [0.5, 0.6) is 0 Å². The number of thiazole rings is 1. The zero-order valence-electron chi connectivity index (χ0n) is 12.1. The van der Waals surface area contributed by atoms with Crippen molar-refractivity contribution in [1.29, 1.82) is 0 Å². The van der Waals surface area contributed by atoms with Crippen LogP contribution in [0.2, 0.25) is 0 Å². The van der Waals surface area contributed by atoms with E-state index in [-0.39, 0.29) is 17.6 Å². The number of carbonyl (C=O) groups excluding carboxylic acids is 1. The van der Waals surface area contributed by atoms with Gasteiger partial charge < -0.3 is 10.1 Å². The molecule has 1 heterocycles. The molecule has 1 aromatic rings. The molecule has 2 atom stereocenters. The molecule has 1 amide bonds. The van der Waals surface area contributed by atoms with E-state index in [1.807, 2.05) is 6.92 Å². The van der Waals surface area contributed by atoms with E-state index in [1.165, 1.54) is 0 Å². The molecule has 2 aliphatic carbocycles. The Labute approximate surface area is 130 Å². The van der Waals surface area contributed by atoms with Crippen LogP contribution in [0.15, 0.2) is 5.51 Å². The maximum atomic E-state index is 12.8. The molecule has 0 saturated heterocycles. The van der Waals surface area contributed by atoms with Crippen molar-refractivity contribution in [2.24, 2.45) is 5.41 Å². The summed E-state index contributed by atoms with van der Waals surface area (Å²) in [4.78, 5) is 14.8. The van der Waals surface area contributed by atoms with Crippen LogP contribution < -0.4 is 5.32 Å². The van der Waals surface area contributed by atoms with E-state index in [0.717, 1.165) is 24.8 Å². The standard InChI is InChI=1S/C14H17F3N2O2S/c1-2-21-9-6-8(13(9)4-3-5-13)19-12(20)10-11(14(15,16)17)22-7-18-10/h7-9H,2-6H2,1H3,(H,19,20)/t8-,9+/m0/s1. The van der Waals surface area contributed by atoms with Crippen molar-refractivity contribution in [1.82, 2.24) is 10.3 Å². The summed E-state index contributed by atoms with van der Waals surface area (Å²) in [5.74, 6) is -0.736. The minimum Gasteiger partial charge on any atom is -0.378 e. The van der Waals surface area contributed by atoms with Crippen molar-refractivity contribution < 1.29 is 22.7 Å². The average Bonchev–Trinajstić information content (AvgIpc) is 2.84. The number of rotatable bonds is 4. The average molecular weight is 334 g/mol. The summed E-state index contributed by atoms with van der Waals surface area (Å²) in [5, 5.41) is 2.74. The Hall–Kier alpha value is -1.15. The SMILES string of the molecule is CCO[C@@H]1C[C@H](NC(=O)c2ncsc2C(F)(F)F)C12CCC2. The molecule has 0 aliphatic heterocycles. The van der Waals surface area contributed by atoms with E-state index in [2.05, 4.69) is 10.3 Å². The quantitative estimate of drug-likeness (QED) is 0.920. The Morgan fingerprint density at radius 3 is 2.82 bits per heavy atom. The van der Waals surface area contributed by atoms with Gasteiger partial charge in [-0.3, -0.25) is 4.79 Å². The number of hydrogen-bond donors (Lipinski definition) is 1. The van der Waals surface area contributed by atoms with Crippen LogP contribution in [0.25, 0.3) is 0 Å². The number of nitrogens with one attached hydrogen (secondary N) is 1. The van der Waals surface area contributed by atoms with Gasteiger partial charge in [0.25, 0.3) is 5.91 Å². The third-order valence-electron chi connectivity index (χ3n) is 4.78. The molecule has 0 unspecified atom stereocenters. The van der Waals surface area contributed by atoms with Gasteiger partial charge in [-0.15, -0.1) is 11.3 Å². The van der Waals surface area contributed by atoms with Gasteiger partial charge in [0.2, 0.25) is 0 Å². The fraction of sp³-hybridized carbons (Fsp3) is 0.714. The van der Waals surface area contributed by atoms with E-state index in [4.69, 9.17) is 4.74 Å².